The smallest absolute Gasteiger partial charge is 0.322 e. The molecule has 0 saturated carbocycles. The van der Waals surface area contributed by atoms with Gasteiger partial charge in [0.15, 0.2) is 11.5 Å². The van der Waals surface area contributed by atoms with Crippen LogP contribution in [0.1, 0.15) is 10.4 Å². The van der Waals surface area contributed by atoms with E-state index in [1.807, 2.05) is 35.7 Å². The minimum absolute atomic E-state index is 0.127. The molecule has 204 valence electrons. The number of halogens is 2. The number of carbonyl (C=O) groups is 2. The zero-order valence-corrected chi connectivity index (χ0v) is 23.9. The Hall–Kier alpha value is -2.98. The number of benzene rings is 2. The highest BCUT2D eigenvalue weighted by atomic mass is 35.5. The normalized spacial score (nSPS) is 10.7. The molecule has 0 saturated heterocycles. The second-order valence-electron chi connectivity index (χ2n) is 8.30. The summed E-state index contributed by atoms with van der Waals surface area (Å²) in [6.07, 6.45) is 0.599. The van der Waals surface area contributed by atoms with Crippen LogP contribution < -0.4 is 14.8 Å². The van der Waals surface area contributed by atoms with Gasteiger partial charge in [0.25, 0.3) is 0 Å². The van der Waals surface area contributed by atoms with Gasteiger partial charge in [0.05, 0.1) is 38.1 Å². The Morgan fingerprint density at radius 3 is 2.39 bits per heavy atom. The molecule has 38 heavy (non-hydrogen) atoms. The zero-order chi connectivity index (χ0) is 27.5. The summed E-state index contributed by atoms with van der Waals surface area (Å²) in [5, 5.41) is 5.50. The van der Waals surface area contributed by atoms with Gasteiger partial charge in [0.1, 0.15) is 6.54 Å². The van der Waals surface area contributed by atoms with Crippen molar-refractivity contribution in [2.24, 2.45) is 0 Å². The Balaban J connectivity index is 1.74. The number of hydrogen-bond acceptors (Lipinski definition) is 6. The van der Waals surface area contributed by atoms with E-state index in [0.29, 0.717) is 46.7 Å². The minimum atomic E-state index is -0.462. The molecule has 1 aromatic heterocycles. The van der Waals surface area contributed by atoms with Crippen molar-refractivity contribution in [3.63, 3.8) is 0 Å². The molecule has 3 aromatic rings. The van der Waals surface area contributed by atoms with Crippen LogP contribution in [0.4, 0.5) is 10.5 Å². The quantitative estimate of drug-likeness (QED) is 0.276. The molecule has 0 aliphatic heterocycles. The van der Waals surface area contributed by atoms with E-state index >= 15 is 0 Å². The second kappa shape index (κ2) is 14.8. The Kier molecular flexibility index (Phi) is 11.5. The van der Waals surface area contributed by atoms with E-state index in [4.69, 9.17) is 37.4 Å². The lowest BCUT2D eigenvalue weighted by Crippen LogP contribution is -2.46. The number of ether oxygens (including phenoxy) is 3. The molecule has 0 unspecified atom stereocenters. The molecule has 3 amide bonds. The van der Waals surface area contributed by atoms with Crippen LogP contribution in [-0.2, 0) is 22.5 Å². The van der Waals surface area contributed by atoms with Gasteiger partial charge in [-0.15, -0.1) is 11.3 Å². The Morgan fingerprint density at radius 1 is 0.947 bits per heavy atom. The van der Waals surface area contributed by atoms with Crippen molar-refractivity contribution in [3.05, 3.63) is 74.4 Å². The van der Waals surface area contributed by atoms with E-state index in [1.165, 1.54) is 4.90 Å². The van der Waals surface area contributed by atoms with Crippen LogP contribution in [-0.4, -0.2) is 69.3 Å². The summed E-state index contributed by atoms with van der Waals surface area (Å²) < 4.78 is 15.9. The van der Waals surface area contributed by atoms with Gasteiger partial charge in [-0.25, -0.2) is 4.79 Å². The van der Waals surface area contributed by atoms with E-state index in [9.17, 15) is 9.59 Å². The number of amides is 3. The van der Waals surface area contributed by atoms with Gasteiger partial charge in [-0.05, 0) is 53.8 Å². The largest absolute Gasteiger partial charge is 0.493 e. The summed E-state index contributed by atoms with van der Waals surface area (Å²) >= 11 is 13.8. The minimum Gasteiger partial charge on any atom is -0.493 e. The van der Waals surface area contributed by atoms with Crippen LogP contribution in [0.25, 0.3) is 0 Å². The maximum Gasteiger partial charge on any atom is 0.322 e. The van der Waals surface area contributed by atoms with Crippen molar-refractivity contribution < 1.29 is 23.8 Å². The van der Waals surface area contributed by atoms with Crippen molar-refractivity contribution in [2.45, 2.75) is 13.0 Å². The number of nitrogens with one attached hydrogen (secondary N) is 1. The lowest BCUT2D eigenvalue weighted by molar-refractivity contribution is -0.132. The number of hydrogen-bond donors (Lipinski definition) is 1. The van der Waals surface area contributed by atoms with E-state index in [1.54, 1.807) is 55.8 Å². The molecular weight excluding hydrogens is 549 g/mol. The van der Waals surface area contributed by atoms with Crippen molar-refractivity contribution >= 4 is 52.2 Å². The number of thiophene rings is 1. The molecule has 0 radical (unpaired) electrons. The first-order chi connectivity index (χ1) is 18.3. The summed E-state index contributed by atoms with van der Waals surface area (Å²) in [5.41, 5.74) is 1.40. The molecule has 8 nitrogen and oxygen atoms in total. The third-order valence-electron chi connectivity index (χ3n) is 5.75. The third kappa shape index (κ3) is 8.52. The van der Waals surface area contributed by atoms with E-state index in [-0.39, 0.29) is 25.6 Å². The number of carbonyl (C=O) groups excluding carboxylic acids is 2. The highest BCUT2D eigenvalue weighted by Gasteiger charge is 2.23. The molecule has 11 heteroatoms. The first kappa shape index (κ1) is 29.6. The van der Waals surface area contributed by atoms with Gasteiger partial charge < -0.3 is 29.3 Å². The van der Waals surface area contributed by atoms with Crippen LogP contribution in [0, 0.1) is 0 Å². The standard InChI is InChI=1S/C27H31Cl2N3O5S/c1-35-13-12-32(27(34)30-23-8-7-20(28)16-22(23)29)18-26(33)31(17-21-5-4-14-38-21)11-10-19-6-9-24(36-2)25(15-19)37-3/h4-9,14-16H,10-13,17-18H2,1-3H3,(H,30,34). The van der Waals surface area contributed by atoms with Crippen molar-refractivity contribution in [2.75, 3.05) is 52.9 Å². The van der Waals surface area contributed by atoms with Crippen molar-refractivity contribution in [3.8, 4) is 11.5 Å². The molecule has 0 aliphatic carbocycles. The van der Waals surface area contributed by atoms with Gasteiger partial charge >= 0.3 is 6.03 Å². The summed E-state index contributed by atoms with van der Waals surface area (Å²) in [5.74, 6) is 1.08. The topological polar surface area (TPSA) is 80.3 Å². The van der Waals surface area contributed by atoms with E-state index < -0.39 is 6.03 Å². The highest BCUT2D eigenvalue weighted by molar-refractivity contribution is 7.09. The monoisotopic (exact) mass is 579 g/mol. The molecular formula is C27H31Cl2N3O5S. The molecule has 2 aromatic carbocycles. The maximum absolute atomic E-state index is 13.5. The maximum atomic E-state index is 13.5. The van der Waals surface area contributed by atoms with Crippen molar-refractivity contribution in [1.29, 1.82) is 0 Å². The van der Waals surface area contributed by atoms with Crippen LogP contribution >= 0.6 is 34.5 Å². The van der Waals surface area contributed by atoms with Gasteiger partial charge in [-0.1, -0.05) is 35.3 Å². The summed E-state index contributed by atoms with van der Waals surface area (Å²) in [6, 6.07) is 14.0. The SMILES string of the molecule is COCCN(CC(=O)N(CCc1ccc(OC)c(OC)c1)Cc1cccs1)C(=O)Nc1ccc(Cl)cc1Cl. The lowest BCUT2D eigenvalue weighted by Gasteiger charge is -2.28. The van der Waals surface area contributed by atoms with Gasteiger partial charge in [0.2, 0.25) is 5.91 Å². The predicted molar refractivity (Wildman–Crippen MR) is 152 cm³/mol. The predicted octanol–water partition coefficient (Wildman–Crippen LogP) is 5.82. The molecule has 0 aliphatic rings. The van der Waals surface area contributed by atoms with Crippen molar-refractivity contribution in [1.82, 2.24) is 9.80 Å². The Labute approximate surface area is 237 Å². The summed E-state index contributed by atoms with van der Waals surface area (Å²) in [4.78, 5) is 30.9. The Bertz CT molecular complexity index is 1210. The highest BCUT2D eigenvalue weighted by Crippen LogP contribution is 2.28. The van der Waals surface area contributed by atoms with E-state index in [2.05, 4.69) is 5.32 Å². The molecule has 0 bridgehead atoms. The van der Waals surface area contributed by atoms with Crippen LogP contribution in [0.5, 0.6) is 11.5 Å². The molecule has 0 fully saturated rings. The zero-order valence-electron chi connectivity index (χ0n) is 21.5. The molecule has 1 N–H and O–H groups in total. The van der Waals surface area contributed by atoms with Gasteiger partial charge in [-0.3, -0.25) is 4.79 Å². The molecule has 3 rings (SSSR count). The first-order valence-electron chi connectivity index (χ1n) is 11.9. The fourth-order valence-electron chi connectivity index (χ4n) is 3.69. The molecule has 1 heterocycles. The first-order valence-corrected chi connectivity index (χ1v) is 13.5. The van der Waals surface area contributed by atoms with Gasteiger partial charge in [0, 0.05) is 30.1 Å². The molecule has 0 spiro atoms. The van der Waals surface area contributed by atoms with Crippen LogP contribution in [0.15, 0.2) is 53.9 Å². The molecule has 0 atom stereocenters. The average Bonchev–Trinajstić information content (AvgIpc) is 3.43. The number of anilines is 1. The second-order valence-corrected chi connectivity index (χ2v) is 10.2. The number of urea groups is 1. The average molecular weight is 581 g/mol. The number of nitrogens with zero attached hydrogens (tertiary/aromatic N) is 2. The summed E-state index contributed by atoms with van der Waals surface area (Å²) in [7, 11) is 4.72. The Morgan fingerprint density at radius 2 is 1.74 bits per heavy atom. The number of methoxy groups -OCH3 is 3. The van der Waals surface area contributed by atoms with Crippen LogP contribution in [0.2, 0.25) is 10.0 Å². The summed E-state index contributed by atoms with van der Waals surface area (Å²) in [6.45, 7) is 1.26. The fourth-order valence-corrected chi connectivity index (χ4v) is 4.86. The lowest BCUT2D eigenvalue weighted by atomic mass is 10.1. The van der Waals surface area contributed by atoms with E-state index in [0.717, 1.165) is 10.4 Å². The van der Waals surface area contributed by atoms with Gasteiger partial charge in [-0.2, -0.15) is 0 Å². The van der Waals surface area contributed by atoms with Crippen LogP contribution in [0.3, 0.4) is 0 Å². The fraction of sp³-hybridized carbons (Fsp3) is 0.333. The number of rotatable bonds is 13. The third-order valence-corrected chi connectivity index (χ3v) is 7.16.